The number of aromatic nitrogens is 1. The zero-order chi connectivity index (χ0) is 16.8. The molecule has 1 atom stereocenters. The highest BCUT2D eigenvalue weighted by atomic mass is 127. The van der Waals surface area contributed by atoms with E-state index >= 15 is 0 Å². The quantitative estimate of drug-likeness (QED) is 0.488. The Morgan fingerprint density at radius 2 is 2.08 bits per heavy atom. The summed E-state index contributed by atoms with van der Waals surface area (Å²) >= 11 is 2.00. The number of aliphatic hydroxyl groups is 2. The first-order valence-electron chi connectivity index (χ1n) is 6.74. The summed E-state index contributed by atoms with van der Waals surface area (Å²) < 4.78 is 14.7. The number of carbonyl (C=O) groups excluding carboxylic acids is 1. The van der Waals surface area contributed by atoms with Crippen molar-refractivity contribution < 1.29 is 19.4 Å². The molecule has 1 amide bonds. The van der Waals surface area contributed by atoms with Gasteiger partial charge in [-0.2, -0.15) is 0 Å². The molecular weight excluding hydrogens is 452 g/mol. The van der Waals surface area contributed by atoms with Gasteiger partial charge in [0, 0.05) is 16.3 Å². The smallest absolute Gasteiger partial charge is 0.253 e. The average Bonchev–Trinajstić information content (AvgIpc) is 2.55. The highest BCUT2D eigenvalue weighted by molar-refractivity contribution is 14.1. The van der Waals surface area contributed by atoms with Crippen LogP contribution in [-0.2, 0) is 0 Å². The molecule has 0 saturated heterocycles. The number of rotatable bonds is 6. The van der Waals surface area contributed by atoms with Crippen LogP contribution < -0.4 is 10.6 Å². The molecule has 0 aliphatic rings. The second-order valence-corrected chi connectivity index (χ2v) is 5.96. The van der Waals surface area contributed by atoms with Crippen LogP contribution in [0.15, 0.2) is 36.7 Å². The highest BCUT2D eigenvalue weighted by Crippen LogP contribution is 2.23. The molecule has 0 radical (unpaired) electrons. The number of carbonyl (C=O) groups is 1. The largest absolute Gasteiger partial charge is 0.394 e. The Hall–Kier alpha value is -1.49. The lowest BCUT2D eigenvalue weighted by atomic mass is 10.2. The van der Waals surface area contributed by atoms with E-state index in [4.69, 9.17) is 5.11 Å². The number of pyridine rings is 1. The number of benzene rings is 1. The van der Waals surface area contributed by atoms with Gasteiger partial charge >= 0.3 is 0 Å². The van der Waals surface area contributed by atoms with Crippen molar-refractivity contribution in [3.05, 3.63) is 51.6 Å². The van der Waals surface area contributed by atoms with E-state index in [1.54, 1.807) is 12.1 Å². The van der Waals surface area contributed by atoms with Gasteiger partial charge in [-0.15, -0.1) is 12.4 Å². The summed E-state index contributed by atoms with van der Waals surface area (Å²) in [5.41, 5.74) is 0.814. The van der Waals surface area contributed by atoms with Crippen molar-refractivity contribution in [2.75, 3.05) is 18.5 Å². The van der Waals surface area contributed by atoms with Crippen molar-refractivity contribution in [2.45, 2.75) is 6.10 Å². The van der Waals surface area contributed by atoms with Crippen molar-refractivity contribution in [1.29, 1.82) is 0 Å². The minimum Gasteiger partial charge on any atom is -0.394 e. The molecular formula is C15H16ClFIN3O3. The maximum absolute atomic E-state index is 13.9. The molecule has 24 heavy (non-hydrogen) atoms. The Kier molecular flexibility index (Phi) is 8.32. The van der Waals surface area contributed by atoms with Gasteiger partial charge in [0.2, 0.25) is 0 Å². The number of amides is 1. The van der Waals surface area contributed by atoms with Crippen LogP contribution in [-0.4, -0.2) is 40.4 Å². The minimum atomic E-state index is -1.04. The lowest BCUT2D eigenvalue weighted by molar-refractivity contribution is 0.0802. The molecule has 0 saturated carbocycles. The van der Waals surface area contributed by atoms with E-state index in [0.29, 0.717) is 5.69 Å². The van der Waals surface area contributed by atoms with Crippen molar-refractivity contribution in [2.24, 2.45) is 0 Å². The van der Waals surface area contributed by atoms with E-state index < -0.39 is 24.4 Å². The first-order chi connectivity index (χ1) is 11.0. The molecule has 2 aromatic rings. The van der Waals surface area contributed by atoms with Gasteiger partial charge in [-0.25, -0.2) is 4.39 Å². The monoisotopic (exact) mass is 467 g/mol. The van der Waals surface area contributed by atoms with Crippen LogP contribution >= 0.6 is 35.0 Å². The Bertz CT molecular complexity index is 705. The topological polar surface area (TPSA) is 94.5 Å². The van der Waals surface area contributed by atoms with Crippen molar-refractivity contribution in [1.82, 2.24) is 10.3 Å². The standard InChI is InChI=1S/C15H15FIN3O3.ClH/c16-12-5-9(17)1-2-13(12)20-14-7-18-4-3-11(14)15(23)19-6-10(22)8-21;/h1-5,7,10,20-22H,6,8H2,(H,19,23);1H/t10-;/m0./s1. The van der Waals surface area contributed by atoms with E-state index in [1.807, 2.05) is 22.6 Å². The summed E-state index contributed by atoms with van der Waals surface area (Å²) in [6, 6.07) is 6.16. The van der Waals surface area contributed by atoms with Crippen LogP contribution in [0.25, 0.3) is 0 Å². The summed E-state index contributed by atoms with van der Waals surface area (Å²) in [5.74, 6) is -0.906. The summed E-state index contributed by atoms with van der Waals surface area (Å²) in [6.45, 7) is -0.537. The van der Waals surface area contributed by atoms with E-state index in [1.165, 1.54) is 24.5 Å². The van der Waals surface area contributed by atoms with Gasteiger partial charge in [-0.1, -0.05) is 0 Å². The lowest BCUT2D eigenvalue weighted by Gasteiger charge is -2.13. The lowest BCUT2D eigenvalue weighted by Crippen LogP contribution is -2.34. The van der Waals surface area contributed by atoms with Gasteiger partial charge in [0.15, 0.2) is 0 Å². The Balaban J connectivity index is 0.00000288. The molecule has 1 aromatic heterocycles. The number of aliphatic hydroxyl groups excluding tert-OH is 2. The maximum atomic E-state index is 13.9. The third-order valence-corrected chi connectivity index (χ3v) is 3.65. The molecule has 1 heterocycles. The van der Waals surface area contributed by atoms with Crippen LogP contribution in [0.5, 0.6) is 0 Å². The van der Waals surface area contributed by atoms with Gasteiger partial charge in [0.1, 0.15) is 5.82 Å². The number of nitrogens with one attached hydrogen (secondary N) is 2. The predicted molar refractivity (Wildman–Crippen MR) is 99.3 cm³/mol. The first-order valence-corrected chi connectivity index (χ1v) is 7.82. The second-order valence-electron chi connectivity index (χ2n) is 4.72. The van der Waals surface area contributed by atoms with E-state index in [-0.39, 0.29) is 30.2 Å². The van der Waals surface area contributed by atoms with E-state index in [2.05, 4.69) is 15.6 Å². The van der Waals surface area contributed by atoms with Crippen LogP contribution in [0.4, 0.5) is 15.8 Å². The second kappa shape index (κ2) is 9.72. The van der Waals surface area contributed by atoms with Crippen LogP contribution in [0.2, 0.25) is 0 Å². The fourth-order valence-electron chi connectivity index (χ4n) is 1.80. The molecule has 9 heteroatoms. The third kappa shape index (κ3) is 5.55. The molecule has 0 aliphatic heterocycles. The Labute approximate surface area is 158 Å². The van der Waals surface area contributed by atoms with Gasteiger partial charge in [0.25, 0.3) is 5.91 Å². The molecule has 0 fully saturated rings. The van der Waals surface area contributed by atoms with E-state index in [9.17, 15) is 14.3 Å². The van der Waals surface area contributed by atoms with Crippen molar-refractivity contribution >= 4 is 52.3 Å². The molecule has 4 N–H and O–H groups in total. The fourth-order valence-corrected chi connectivity index (χ4v) is 2.25. The fraction of sp³-hybridized carbons (Fsp3) is 0.200. The number of halogens is 3. The molecule has 0 bridgehead atoms. The number of anilines is 2. The SMILES string of the molecule is Cl.O=C(NC[C@H](O)CO)c1ccncc1Nc1ccc(I)cc1F. The van der Waals surface area contributed by atoms with Gasteiger partial charge in [-0.3, -0.25) is 9.78 Å². The molecule has 0 unspecified atom stereocenters. The van der Waals surface area contributed by atoms with Gasteiger partial charge in [-0.05, 0) is 46.9 Å². The average molecular weight is 468 g/mol. The highest BCUT2D eigenvalue weighted by Gasteiger charge is 2.14. The van der Waals surface area contributed by atoms with Crippen LogP contribution in [0.3, 0.4) is 0 Å². The number of nitrogens with zero attached hydrogens (tertiary/aromatic N) is 1. The minimum absolute atomic E-state index is 0. The first kappa shape index (κ1) is 20.6. The zero-order valence-corrected chi connectivity index (χ0v) is 15.3. The van der Waals surface area contributed by atoms with Crippen LogP contribution in [0, 0.1) is 9.39 Å². The number of hydrogen-bond donors (Lipinski definition) is 4. The zero-order valence-electron chi connectivity index (χ0n) is 12.4. The van der Waals surface area contributed by atoms with Gasteiger partial charge in [0.05, 0.1) is 35.8 Å². The molecule has 0 aliphatic carbocycles. The maximum Gasteiger partial charge on any atom is 0.253 e. The van der Waals surface area contributed by atoms with Crippen molar-refractivity contribution in [3.8, 4) is 0 Å². The normalized spacial score (nSPS) is 11.3. The van der Waals surface area contributed by atoms with E-state index in [0.717, 1.165) is 3.57 Å². The predicted octanol–water partition coefficient (Wildman–Crippen LogP) is 2.07. The molecule has 1 aromatic carbocycles. The summed E-state index contributed by atoms with van der Waals surface area (Å²) in [4.78, 5) is 16.1. The molecule has 6 nitrogen and oxygen atoms in total. The summed E-state index contributed by atoms with van der Waals surface area (Å²) in [6.07, 6.45) is 1.81. The summed E-state index contributed by atoms with van der Waals surface area (Å²) in [5, 5.41) is 23.4. The third-order valence-electron chi connectivity index (χ3n) is 2.98. The Morgan fingerprint density at radius 3 is 2.75 bits per heavy atom. The molecule has 0 spiro atoms. The summed E-state index contributed by atoms with van der Waals surface area (Å²) in [7, 11) is 0. The van der Waals surface area contributed by atoms with Crippen LogP contribution in [0.1, 0.15) is 10.4 Å². The Morgan fingerprint density at radius 1 is 1.33 bits per heavy atom. The van der Waals surface area contributed by atoms with Crippen molar-refractivity contribution in [3.63, 3.8) is 0 Å². The molecule has 2 rings (SSSR count). The number of hydrogen-bond acceptors (Lipinski definition) is 5. The molecule has 130 valence electrons. The van der Waals surface area contributed by atoms with Gasteiger partial charge < -0.3 is 20.8 Å².